The summed E-state index contributed by atoms with van der Waals surface area (Å²) in [5.74, 6) is 0.943. The van der Waals surface area contributed by atoms with E-state index < -0.39 is 13.0 Å². The summed E-state index contributed by atoms with van der Waals surface area (Å²) in [5, 5.41) is 11.2. The van der Waals surface area contributed by atoms with Gasteiger partial charge in [-0.25, -0.2) is 4.79 Å². The van der Waals surface area contributed by atoms with Gasteiger partial charge in [0.25, 0.3) is 5.69 Å². The van der Waals surface area contributed by atoms with Gasteiger partial charge in [0.05, 0.1) is 24.2 Å². The molecule has 3 rings (SSSR count). The van der Waals surface area contributed by atoms with Crippen molar-refractivity contribution in [2.75, 3.05) is 26.3 Å². The summed E-state index contributed by atoms with van der Waals surface area (Å²) in [4.78, 5) is 28.9. The number of likely N-dealkylation sites (tertiary alicyclic amines) is 1. The Hall–Kier alpha value is -2.94. The first-order valence-electron chi connectivity index (χ1n) is 11.5. The molecule has 2 heterocycles. The maximum absolute atomic E-state index is 12.3. The smallest absolute Gasteiger partial charge is 0.409 e. The lowest BCUT2D eigenvalue weighted by molar-refractivity contribution is -0.384. The third-order valence-corrected chi connectivity index (χ3v) is 7.61. The summed E-state index contributed by atoms with van der Waals surface area (Å²) in [7, 11) is -1.21. The van der Waals surface area contributed by atoms with Crippen LogP contribution in [0.2, 0.25) is 25.7 Å². The predicted octanol–water partition coefficient (Wildman–Crippen LogP) is 5.61. The Morgan fingerprint density at radius 3 is 2.48 bits per heavy atom. The van der Waals surface area contributed by atoms with Gasteiger partial charge in [-0.3, -0.25) is 15.1 Å². The van der Waals surface area contributed by atoms with Crippen LogP contribution in [0.5, 0.6) is 5.75 Å². The molecule has 33 heavy (non-hydrogen) atoms. The summed E-state index contributed by atoms with van der Waals surface area (Å²) >= 11 is 0. The second-order valence-corrected chi connectivity index (χ2v) is 15.3. The van der Waals surface area contributed by atoms with Crippen LogP contribution in [0.3, 0.4) is 0 Å². The Morgan fingerprint density at radius 1 is 1.15 bits per heavy atom. The van der Waals surface area contributed by atoms with Gasteiger partial charge in [-0.15, -0.1) is 0 Å². The van der Waals surface area contributed by atoms with Crippen molar-refractivity contribution >= 4 is 19.9 Å². The van der Waals surface area contributed by atoms with Crippen molar-refractivity contribution in [1.29, 1.82) is 0 Å². The molecule has 178 valence electrons. The van der Waals surface area contributed by atoms with Gasteiger partial charge in [-0.1, -0.05) is 19.6 Å². The van der Waals surface area contributed by atoms with Gasteiger partial charge in [0.2, 0.25) is 0 Å². The van der Waals surface area contributed by atoms with Crippen molar-refractivity contribution < 1.29 is 19.2 Å². The van der Waals surface area contributed by atoms with E-state index in [1.807, 2.05) is 12.1 Å². The molecule has 0 bridgehead atoms. The van der Waals surface area contributed by atoms with E-state index >= 15 is 0 Å². The number of hydrogen-bond donors (Lipinski definition) is 0. The van der Waals surface area contributed by atoms with Gasteiger partial charge in [0.15, 0.2) is 0 Å². The molecule has 1 saturated heterocycles. The van der Waals surface area contributed by atoms with Gasteiger partial charge in [0, 0.05) is 45.2 Å². The van der Waals surface area contributed by atoms with Gasteiger partial charge in [0.1, 0.15) is 5.75 Å². The molecule has 8 nitrogen and oxygen atoms in total. The number of nitro groups is 1. The number of carbonyl (C=O) groups is 1. The van der Waals surface area contributed by atoms with E-state index in [1.54, 1.807) is 23.4 Å². The van der Waals surface area contributed by atoms with E-state index in [0.717, 1.165) is 36.4 Å². The number of nitro benzene ring substituents is 1. The van der Waals surface area contributed by atoms with Crippen LogP contribution in [0.15, 0.2) is 42.7 Å². The van der Waals surface area contributed by atoms with E-state index in [9.17, 15) is 14.9 Å². The number of non-ortho nitro benzene ring substituents is 1. The van der Waals surface area contributed by atoms with Crippen LogP contribution in [0.25, 0.3) is 11.1 Å². The largest absolute Gasteiger partial charge is 0.493 e. The minimum Gasteiger partial charge on any atom is -0.493 e. The van der Waals surface area contributed by atoms with Crippen molar-refractivity contribution in [3.05, 3.63) is 52.8 Å². The lowest BCUT2D eigenvalue weighted by Gasteiger charge is -2.31. The Bertz CT molecular complexity index is 941. The molecule has 0 spiro atoms. The molecule has 1 fully saturated rings. The first kappa shape index (κ1) is 24.7. The Labute approximate surface area is 196 Å². The molecule has 0 radical (unpaired) electrons. The molecular formula is C24H33N3O5Si. The fourth-order valence-electron chi connectivity index (χ4n) is 3.79. The third kappa shape index (κ3) is 7.56. The lowest BCUT2D eigenvalue weighted by Crippen LogP contribution is -2.39. The van der Waals surface area contributed by atoms with Crippen LogP contribution in [0, 0.1) is 16.0 Å². The molecule has 1 amide bonds. The Morgan fingerprint density at radius 2 is 1.85 bits per heavy atom. The van der Waals surface area contributed by atoms with E-state index in [2.05, 4.69) is 24.6 Å². The maximum atomic E-state index is 12.3. The number of benzene rings is 1. The minimum absolute atomic E-state index is 0.00348. The average Bonchev–Trinajstić information content (AvgIpc) is 2.79. The molecule has 0 aliphatic carbocycles. The maximum Gasteiger partial charge on any atom is 0.409 e. The average molecular weight is 472 g/mol. The van der Waals surface area contributed by atoms with E-state index in [1.165, 1.54) is 12.1 Å². The number of rotatable bonds is 9. The van der Waals surface area contributed by atoms with Crippen LogP contribution < -0.4 is 4.74 Å². The monoisotopic (exact) mass is 471 g/mol. The minimum atomic E-state index is -1.21. The number of amides is 1. The van der Waals surface area contributed by atoms with Gasteiger partial charge in [-0.05, 0) is 55.0 Å². The van der Waals surface area contributed by atoms with Gasteiger partial charge < -0.3 is 14.4 Å². The number of ether oxygens (including phenoxy) is 2. The molecule has 1 aromatic heterocycles. The Kier molecular flexibility index (Phi) is 8.43. The highest BCUT2D eigenvalue weighted by Crippen LogP contribution is 2.33. The third-order valence-electron chi connectivity index (χ3n) is 5.90. The lowest BCUT2D eigenvalue weighted by atomic mass is 9.94. The molecule has 2 aromatic rings. The molecule has 0 N–H and O–H groups in total. The molecule has 1 aromatic carbocycles. The summed E-state index contributed by atoms with van der Waals surface area (Å²) in [5.41, 5.74) is 1.71. The quantitative estimate of drug-likeness (QED) is 0.268. The highest BCUT2D eigenvalue weighted by atomic mass is 28.3. The second-order valence-electron chi connectivity index (χ2n) is 9.67. The number of pyridine rings is 1. The van der Waals surface area contributed by atoms with Crippen molar-refractivity contribution in [2.24, 2.45) is 5.92 Å². The highest BCUT2D eigenvalue weighted by Gasteiger charge is 2.24. The van der Waals surface area contributed by atoms with Crippen LogP contribution in [0.4, 0.5) is 10.5 Å². The summed E-state index contributed by atoms with van der Waals surface area (Å²) < 4.78 is 11.5. The topological polar surface area (TPSA) is 94.8 Å². The zero-order valence-corrected chi connectivity index (χ0v) is 20.7. The fourth-order valence-corrected chi connectivity index (χ4v) is 4.50. The summed E-state index contributed by atoms with van der Waals surface area (Å²) in [6, 6.07) is 9.37. The molecular weight excluding hydrogens is 438 g/mol. The van der Waals surface area contributed by atoms with Gasteiger partial charge in [-0.2, -0.15) is 0 Å². The zero-order valence-electron chi connectivity index (χ0n) is 19.7. The molecule has 0 atom stereocenters. The molecule has 0 unspecified atom stereocenters. The van der Waals surface area contributed by atoms with E-state index in [0.29, 0.717) is 38.0 Å². The van der Waals surface area contributed by atoms with Crippen LogP contribution in [-0.4, -0.2) is 55.3 Å². The Balaban J connectivity index is 1.50. The van der Waals surface area contributed by atoms with E-state index in [-0.39, 0.29) is 11.8 Å². The SMILES string of the molecule is C[Si](C)(C)CCOC(=O)N1CCC(CCOc2cc([N+](=O)[O-])ccc2-c2ccncc2)CC1. The normalized spacial score (nSPS) is 14.7. The zero-order chi connectivity index (χ0) is 23.8. The second kappa shape index (κ2) is 11.3. The van der Waals surface area contributed by atoms with E-state index in [4.69, 9.17) is 9.47 Å². The van der Waals surface area contributed by atoms with Crippen LogP contribution >= 0.6 is 0 Å². The predicted molar refractivity (Wildman–Crippen MR) is 130 cm³/mol. The number of carbonyl (C=O) groups excluding carboxylic acids is 1. The molecule has 0 saturated carbocycles. The van der Waals surface area contributed by atoms with Crippen molar-refractivity contribution in [3.8, 4) is 16.9 Å². The first-order valence-corrected chi connectivity index (χ1v) is 15.2. The van der Waals surface area contributed by atoms with Crippen molar-refractivity contribution in [1.82, 2.24) is 9.88 Å². The standard InChI is InChI=1S/C24H33N3O5Si/c1-33(2,3)17-16-32-24(28)26-13-8-19(9-14-26)10-15-31-23-18-21(27(29)30)4-5-22(23)20-6-11-25-12-7-20/h4-7,11-12,18-19H,8-10,13-17H2,1-3H3. The van der Waals surface area contributed by atoms with Gasteiger partial charge >= 0.3 is 6.09 Å². The number of nitrogens with zero attached hydrogens (tertiary/aromatic N) is 3. The fraction of sp³-hybridized carbons (Fsp3) is 0.500. The number of hydrogen-bond acceptors (Lipinski definition) is 6. The van der Waals surface area contributed by atoms with Crippen LogP contribution in [0.1, 0.15) is 19.3 Å². The van der Waals surface area contributed by atoms with Crippen molar-refractivity contribution in [2.45, 2.75) is 44.9 Å². The number of piperidine rings is 1. The molecule has 1 aliphatic heterocycles. The van der Waals surface area contributed by atoms with Crippen LogP contribution in [-0.2, 0) is 4.74 Å². The number of aromatic nitrogens is 1. The van der Waals surface area contributed by atoms with Crippen molar-refractivity contribution in [3.63, 3.8) is 0 Å². The molecule has 1 aliphatic rings. The summed E-state index contributed by atoms with van der Waals surface area (Å²) in [6.45, 7) is 9.15. The first-order chi connectivity index (χ1) is 15.7. The highest BCUT2D eigenvalue weighted by molar-refractivity contribution is 6.76. The summed E-state index contributed by atoms with van der Waals surface area (Å²) in [6.07, 6.45) is 5.80. The molecule has 9 heteroatoms.